The molecule has 4 aromatic rings. The van der Waals surface area contributed by atoms with E-state index in [9.17, 15) is 14.0 Å². The van der Waals surface area contributed by atoms with E-state index >= 15 is 0 Å². The molecule has 2 amide bonds. The van der Waals surface area contributed by atoms with Gasteiger partial charge in [-0.05, 0) is 66.9 Å². The number of anilines is 1. The summed E-state index contributed by atoms with van der Waals surface area (Å²) in [6.45, 7) is 2.47. The molecule has 0 saturated carbocycles. The van der Waals surface area contributed by atoms with E-state index in [-0.39, 0.29) is 18.5 Å². The first-order chi connectivity index (χ1) is 18.5. The van der Waals surface area contributed by atoms with Gasteiger partial charge >= 0.3 is 0 Å². The molecule has 5 rings (SSSR count). The van der Waals surface area contributed by atoms with Crippen molar-refractivity contribution in [3.05, 3.63) is 83.9 Å². The van der Waals surface area contributed by atoms with E-state index in [1.807, 2.05) is 6.07 Å². The Kier molecular flexibility index (Phi) is 7.55. The minimum absolute atomic E-state index is 0.0864. The summed E-state index contributed by atoms with van der Waals surface area (Å²) in [6, 6.07) is 16.8. The number of halogens is 1. The van der Waals surface area contributed by atoms with E-state index in [2.05, 4.69) is 20.7 Å². The van der Waals surface area contributed by atoms with Crippen molar-refractivity contribution in [3.63, 3.8) is 0 Å². The van der Waals surface area contributed by atoms with Crippen LogP contribution in [-0.4, -0.2) is 51.3 Å². The molecule has 10 nitrogen and oxygen atoms in total. The number of hydrogen-bond donors (Lipinski definition) is 1. The van der Waals surface area contributed by atoms with Crippen LogP contribution < -0.4 is 10.2 Å². The Bertz CT molecular complexity index is 1380. The number of amides is 2. The van der Waals surface area contributed by atoms with Crippen LogP contribution in [0.2, 0.25) is 0 Å². The lowest BCUT2D eigenvalue weighted by molar-refractivity contribution is -0.127. The number of para-hydroxylation sites is 1. The van der Waals surface area contributed by atoms with Gasteiger partial charge in [0, 0.05) is 18.8 Å². The highest BCUT2D eigenvalue weighted by molar-refractivity contribution is 6.01. The van der Waals surface area contributed by atoms with Gasteiger partial charge in [0.05, 0.1) is 6.10 Å². The number of benzene rings is 2. The second-order valence-corrected chi connectivity index (χ2v) is 8.99. The highest BCUT2D eigenvalue weighted by Gasteiger charge is 2.34. The molecule has 2 aromatic heterocycles. The Labute approximate surface area is 218 Å². The third-order valence-electron chi connectivity index (χ3n) is 6.21. The smallest absolute Gasteiger partial charge is 0.251 e. The molecular weight excluding hydrogens is 491 g/mol. The lowest BCUT2D eigenvalue weighted by Gasteiger charge is -2.31. The molecule has 0 radical (unpaired) electrons. The van der Waals surface area contributed by atoms with Crippen molar-refractivity contribution in [1.29, 1.82) is 0 Å². The van der Waals surface area contributed by atoms with Crippen LogP contribution in [0.4, 0.5) is 10.1 Å². The molecule has 3 heterocycles. The van der Waals surface area contributed by atoms with Crippen LogP contribution in [0, 0.1) is 12.7 Å². The summed E-state index contributed by atoms with van der Waals surface area (Å²) in [5.41, 5.74) is 0.938. The lowest BCUT2D eigenvalue weighted by atomic mass is 10.0. The average molecular weight is 519 g/mol. The number of carbonyl (C=O) groups excluding carboxylic acids is 2. The number of rotatable bonds is 9. The van der Waals surface area contributed by atoms with Crippen molar-refractivity contribution in [2.75, 3.05) is 18.1 Å². The molecule has 1 N–H and O–H groups in total. The van der Waals surface area contributed by atoms with Crippen molar-refractivity contribution < 1.29 is 23.1 Å². The summed E-state index contributed by atoms with van der Waals surface area (Å²) in [5.74, 6) is 0.0385. The van der Waals surface area contributed by atoms with E-state index < -0.39 is 23.7 Å². The van der Waals surface area contributed by atoms with Gasteiger partial charge in [0.15, 0.2) is 5.76 Å². The number of aryl methyl sites for hydroxylation is 1. The van der Waals surface area contributed by atoms with Gasteiger partial charge in [0.1, 0.15) is 24.2 Å². The predicted octanol–water partition coefficient (Wildman–Crippen LogP) is 3.45. The number of nitrogens with zero attached hydrogens (tertiary/aromatic N) is 5. The molecule has 11 heteroatoms. The maximum atomic E-state index is 13.8. The average Bonchev–Trinajstić information content (AvgIpc) is 3.70. The largest absolute Gasteiger partial charge is 0.458 e. The predicted molar refractivity (Wildman–Crippen MR) is 135 cm³/mol. The molecule has 1 aliphatic heterocycles. The van der Waals surface area contributed by atoms with Crippen molar-refractivity contribution in [3.8, 4) is 11.6 Å². The van der Waals surface area contributed by atoms with Gasteiger partial charge in [-0.15, -0.1) is 10.2 Å². The minimum Gasteiger partial charge on any atom is -0.458 e. The number of carbonyl (C=O) groups is 2. The second-order valence-electron chi connectivity index (χ2n) is 8.99. The van der Waals surface area contributed by atoms with Gasteiger partial charge in [-0.1, -0.05) is 30.3 Å². The van der Waals surface area contributed by atoms with Crippen LogP contribution in [0.25, 0.3) is 11.6 Å². The van der Waals surface area contributed by atoms with Gasteiger partial charge in [-0.25, -0.2) is 4.39 Å². The van der Waals surface area contributed by atoms with Crippen molar-refractivity contribution in [2.45, 2.75) is 38.5 Å². The molecule has 2 atom stereocenters. The molecule has 2 aromatic carbocycles. The standard InChI is InChI=1S/C27H27FN6O4/c1-18-9-14-23(38-18)26-30-32-33(31-26)17-24(35)34(21-6-3-2-4-7-21)25(19-10-12-20(28)13-11-19)27(36)29-16-22-8-5-15-37-22/h2-4,6-7,9-14,22,25H,5,8,15-17H2,1H3,(H,29,36)/t22-,25-/m1/s1. The number of nitrogens with one attached hydrogen (secondary N) is 1. The molecule has 38 heavy (non-hydrogen) atoms. The first-order valence-corrected chi connectivity index (χ1v) is 12.3. The minimum atomic E-state index is -1.08. The summed E-state index contributed by atoms with van der Waals surface area (Å²) < 4.78 is 25.0. The van der Waals surface area contributed by atoms with Crippen LogP contribution in [0.5, 0.6) is 0 Å². The maximum Gasteiger partial charge on any atom is 0.251 e. The Hall–Kier alpha value is -4.38. The third kappa shape index (κ3) is 5.78. The summed E-state index contributed by atoms with van der Waals surface area (Å²) in [7, 11) is 0. The van der Waals surface area contributed by atoms with E-state index in [1.165, 1.54) is 29.2 Å². The van der Waals surface area contributed by atoms with Gasteiger partial charge in [-0.3, -0.25) is 14.5 Å². The van der Waals surface area contributed by atoms with E-state index in [0.29, 0.717) is 35.9 Å². The second kappa shape index (κ2) is 11.3. The van der Waals surface area contributed by atoms with Crippen LogP contribution in [-0.2, 0) is 20.9 Å². The molecule has 1 aliphatic rings. The highest BCUT2D eigenvalue weighted by atomic mass is 19.1. The van der Waals surface area contributed by atoms with Crippen molar-refractivity contribution >= 4 is 17.5 Å². The number of hydrogen-bond acceptors (Lipinski definition) is 7. The Morgan fingerprint density at radius 1 is 1.13 bits per heavy atom. The normalized spacial score (nSPS) is 15.8. The summed E-state index contributed by atoms with van der Waals surface area (Å²) in [4.78, 5) is 30.0. The first-order valence-electron chi connectivity index (χ1n) is 12.3. The van der Waals surface area contributed by atoms with Crippen molar-refractivity contribution in [1.82, 2.24) is 25.5 Å². The van der Waals surface area contributed by atoms with Crippen LogP contribution in [0.3, 0.4) is 0 Å². The van der Waals surface area contributed by atoms with Gasteiger partial charge in [0.25, 0.3) is 5.91 Å². The summed E-state index contributed by atoms with van der Waals surface area (Å²) >= 11 is 0. The van der Waals surface area contributed by atoms with E-state index in [1.54, 1.807) is 43.3 Å². The van der Waals surface area contributed by atoms with Gasteiger partial charge < -0.3 is 14.5 Å². The molecule has 0 bridgehead atoms. The lowest BCUT2D eigenvalue weighted by Crippen LogP contribution is -2.46. The number of ether oxygens (including phenoxy) is 1. The SMILES string of the molecule is Cc1ccc(-c2nnn(CC(=O)N(c3ccccc3)[C@@H](C(=O)NC[C@H]3CCCO3)c3ccc(F)cc3)n2)o1. The van der Waals surface area contributed by atoms with E-state index in [0.717, 1.165) is 17.6 Å². The molecule has 196 valence electrons. The molecule has 0 aliphatic carbocycles. The maximum absolute atomic E-state index is 13.8. The summed E-state index contributed by atoms with van der Waals surface area (Å²) in [5, 5.41) is 15.2. The number of tetrazole rings is 1. The zero-order valence-corrected chi connectivity index (χ0v) is 20.8. The zero-order valence-electron chi connectivity index (χ0n) is 20.8. The van der Waals surface area contributed by atoms with Crippen LogP contribution >= 0.6 is 0 Å². The fourth-order valence-corrected chi connectivity index (χ4v) is 4.37. The van der Waals surface area contributed by atoms with E-state index in [4.69, 9.17) is 9.15 Å². The molecule has 0 spiro atoms. The zero-order chi connectivity index (χ0) is 26.5. The molecule has 1 saturated heterocycles. The first kappa shape index (κ1) is 25.3. The molecule has 1 fully saturated rings. The van der Waals surface area contributed by atoms with Gasteiger partial charge in [0.2, 0.25) is 11.7 Å². The number of furan rings is 1. The Morgan fingerprint density at radius 3 is 2.61 bits per heavy atom. The fourth-order valence-electron chi connectivity index (χ4n) is 4.37. The fraction of sp³-hybridized carbons (Fsp3) is 0.296. The molecule has 0 unspecified atom stereocenters. The topological polar surface area (TPSA) is 115 Å². The van der Waals surface area contributed by atoms with Gasteiger partial charge in [-0.2, -0.15) is 4.80 Å². The Morgan fingerprint density at radius 2 is 1.92 bits per heavy atom. The molecular formula is C27H27FN6O4. The van der Waals surface area contributed by atoms with Crippen LogP contribution in [0.15, 0.2) is 71.1 Å². The third-order valence-corrected chi connectivity index (χ3v) is 6.21. The Balaban J connectivity index is 1.46. The quantitative estimate of drug-likeness (QED) is 0.361. The van der Waals surface area contributed by atoms with Crippen LogP contribution in [0.1, 0.15) is 30.2 Å². The summed E-state index contributed by atoms with van der Waals surface area (Å²) in [6.07, 6.45) is 1.69. The monoisotopic (exact) mass is 518 g/mol. The van der Waals surface area contributed by atoms with Crippen molar-refractivity contribution in [2.24, 2.45) is 0 Å². The highest BCUT2D eigenvalue weighted by Crippen LogP contribution is 2.29. The number of aromatic nitrogens is 4.